The number of rotatable bonds is 10. The van der Waals surface area contributed by atoms with Gasteiger partial charge in [0, 0.05) is 37.7 Å². The maximum absolute atomic E-state index is 12.8. The van der Waals surface area contributed by atoms with Crippen LogP contribution in [0.1, 0.15) is 52.8 Å². The quantitative estimate of drug-likeness (QED) is 0.425. The van der Waals surface area contributed by atoms with E-state index in [0.717, 1.165) is 45.2 Å². The minimum atomic E-state index is -0.0157. The Labute approximate surface area is 227 Å². The number of methoxy groups -OCH3 is 2. The Hall–Kier alpha value is -4.08. The highest BCUT2D eigenvalue weighted by molar-refractivity contribution is 6.04. The van der Waals surface area contributed by atoms with Crippen molar-refractivity contribution >= 4 is 35.6 Å². The Morgan fingerprint density at radius 2 is 1.15 bits per heavy atom. The normalized spacial score (nSPS) is 20.5. The average molecular weight is 533 g/mol. The molecule has 2 unspecified atom stereocenters. The van der Waals surface area contributed by atoms with Crippen molar-refractivity contribution in [3.05, 3.63) is 35.4 Å². The third-order valence-corrected chi connectivity index (χ3v) is 7.75. The van der Waals surface area contributed by atoms with Crippen molar-refractivity contribution in [2.24, 2.45) is 9.98 Å². The Bertz CT molecular complexity index is 1250. The molecule has 2 amide bonds. The molecule has 0 spiro atoms. The molecule has 0 N–H and O–H groups in total. The van der Waals surface area contributed by atoms with E-state index >= 15 is 0 Å². The van der Waals surface area contributed by atoms with E-state index in [9.17, 15) is 9.59 Å². The molecule has 6 rings (SSSR count). The maximum atomic E-state index is 12.8. The third-order valence-electron chi connectivity index (χ3n) is 7.75. The molecule has 204 valence electrons. The van der Waals surface area contributed by atoms with Crippen LogP contribution in [0.25, 0.3) is 0 Å². The van der Waals surface area contributed by atoms with Gasteiger partial charge in [-0.1, -0.05) is 0 Å². The predicted octanol–water partition coefficient (Wildman–Crippen LogP) is 4.19. The van der Waals surface area contributed by atoms with E-state index in [1.807, 2.05) is 22.2 Å². The monoisotopic (exact) mass is 532 g/mol. The van der Waals surface area contributed by atoms with E-state index in [1.165, 1.54) is 0 Å². The zero-order chi connectivity index (χ0) is 26.9. The van der Waals surface area contributed by atoms with Gasteiger partial charge < -0.3 is 28.7 Å². The summed E-state index contributed by atoms with van der Waals surface area (Å²) in [5.41, 5.74) is 2.32. The van der Waals surface area contributed by atoms with Crippen LogP contribution in [0.2, 0.25) is 0 Å². The summed E-state index contributed by atoms with van der Waals surface area (Å²) in [5.74, 6) is 2.19. The van der Waals surface area contributed by atoms with Gasteiger partial charge in [0.1, 0.15) is 0 Å². The Balaban J connectivity index is 1.01. The molecule has 2 saturated heterocycles. The fraction of sp³-hybridized carbons (Fsp3) is 0.448. The molecule has 10 nitrogen and oxygen atoms in total. The summed E-state index contributed by atoms with van der Waals surface area (Å²) >= 11 is 0. The number of carbonyl (C=O) groups is 2. The van der Waals surface area contributed by atoms with Crippen LogP contribution in [0.3, 0.4) is 0 Å². The largest absolute Gasteiger partial charge is 0.493 e. The highest BCUT2D eigenvalue weighted by Gasteiger charge is 2.36. The van der Waals surface area contributed by atoms with Crippen LogP contribution >= 0.6 is 0 Å². The molecule has 2 fully saturated rings. The smallest absolute Gasteiger partial charge is 0.256 e. The summed E-state index contributed by atoms with van der Waals surface area (Å²) in [6, 6.07) is 7.20. The molecule has 4 aliphatic heterocycles. The van der Waals surface area contributed by atoms with Gasteiger partial charge in [-0.05, 0) is 44.2 Å². The molecule has 2 aromatic rings. The van der Waals surface area contributed by atoms with Crippen molar-refractivity contribution in [2.45, 2.75) is 44.2 Å². The van der Waals surface area contributed by atoms with Crippen LogP contribution in [0.15, 0.2) is 34.3 Å². The summed E-state index contributed by atoms with van der Waals surface area (Å²) in [4.78, 5) is 38.4. The predicted molar refractivity (Wildman–Crippen MR) is 146 cm³/mol. The lowest BCUT2D eigenvalue weighted by Crippen LogP contribution is -2.51. The van der Waals surface area contributed by atoms with Gasteiger partial charge in [0.2, 0.25) is 0 Å². The van der Waals surface area contributed by atoms with Crippen LogP contribution in [-0.2, 0) is 0 Å². The number of aliphatic imine (C=N–C) groups is 2. The number of benzene rings is 2. The number of nitrogens with zero attached hydrogens (tertiary/aromatic N) is 4. The number of carbonyl (C=O) groups excluding carboxylic acids is 2. The SMILES string of the molecule is COc1cc2c(cc1OCCCCCOc1cc3c(cc1OC)C(=O)N1CCC1C=N3)N=CC1CCN1C2=O. The van der Waals surface area contributed by atoms with Gasteiger partial charge in [0.15, 0.2) is 23.0 Å². The molecular weight excluding hydrogens is 500 g/mol. The molecule has 4 aliphatic rings. The molecule has 0 saturated carbocycles. The maximum Gasteiger partial charge on any atom is 0.256 e. The molecule has 0 bridgehead atoms. The van der Waals surface area contributed by atoms with Gasteiger partial charge in [-0.15, -0.1) is 0 Å². The van der Waals surface area contributed by atoms with E-state index in [0.29, 0.717) is 58.7 Å². The lowest BCUT2D eigenvalue weighted by atomic mass is 10.0. The second-order valence-electron chi connectivity index (χ2n) is 10.1. The first-order valence-electron chi connectivity index (χ1n) is 13.5. The molecule has 0 aromatic heterocycles. The minimum absolute atomic E-state index is 0.0157. The topological polar surface area (TPSA) is 102 Å². The first-order valence-corrected chi connectivity index (χ1v) is 13.5. The number of fused-ring (bicyclic) bond motifs is 4. The van der Waals surface area contributed by atoms with Gasteiger partial charge in [0.05, 0.1) is 62.0 Å². The fourth-order valence-electron chi connectivity index (χ4n) is 5.22. The number of unbranched alkanes of at least 4 members (excludes halogenated alkanes) is 2. The van der Waals surface area contributed by atoms with Crippen molar-refractivity contribution < 1.29 is 28.5 Å². The van der Waals surface area contributed by atoms with Crippen LogP contribution in [0.5, 0.6) is 23.0 Å². The average Bonchev–Trinajstić information content (AvgIpc) is 3.05. The van der Waals surface area contributed by atoms with Gasteiger partial charge >= 0.3 is 0 Å². The van der Waals surface area contributed by atoms with Crippen molar-refractivity contribution in [1.29, 1.82) is 0 Å². The lowest BCUT2D eigenvalue weighted by Gasteiger charge is -2.37. The molecule has 2 aromatic carbocycles. The summed E-state index contributed by atoms with van der Waals surface area (Å²) in [5, 5.41) is 0. The summed E-state index contributed by atoms with van der Waals surface area (Å²) in [6.45, 7) is 2.51. The zero-order valence-corrected chi connectivity index (χ0v) is 22.2. The molecule has 0 aliphatic carbocycles. The van der Waals surface area contributed by atoms with Crippen LogP contribution in [0, 0.1) is 0 Å². The summed E-state index contributed by atoms with van der Waals surface area (Å²) < 4.78 is 23.0. The van der Waals surface area contributed by atoms with Gasteiger partial charge in [0.25, 0.3) is 11.8 Å². The van der Waals surface area contributed by atoms with Gasteiger partial charge in [-0.2, -0.15) is 0 Å². The van der Waals surface area contributed by atoms with Crippen molar-refractivity contribution in [2.75, 3.05) is 40.5 Å². The van der Waals surface area contributed by atoms with Crippen LogP contribution < -0.4 is 18.9 Å². The first kappa shape index (κ1) is 25.2. The molecular formula is C29H32N4O6. The molecule has 4 heterocycles. The molecule has 10 heteroatoms. The number of amides is 2. The minimum Gasteiger partial charge on any atom is -0.493 e. The first-order chi connectivity index (χ1) is 19.1. The highest BCUT2D eigenvalue weighted by atomic mass is 16.5. The third kappa shape index (κ3) is 4.68. The van der Waals surface area contributed by atoms with E-state index in [4.69, 9.17) is 18.9 Å². The summed E-state index contributed by atoms with van der Waals surface area (Å²) in [7, 11) is 3.14. The Kier molecular flexibility index (Phi) is 6.85. The van der Waals surface area contributed by atoms with Crippen molar-refractivity contribution in [3.63, 3.8) is 0 Å². The fourth-order valence-corrected chi connectivity index (χ4v) is 5.22. The Morgan fingerprint density at radius 3 is 1.54 bits per heavy atom. The standard InChI is InChI=1S/C29H32N4O6/c1-36-24-12-20-22(30-16-18-6-8-32(18)28(20)34)14-26(24)38-10-4-3-5-11-39-27-15-23-21(13-25(27)37-2)29(35)33-9-7-19(33)17-31-23/h12-19H,3-11H2,1-2H3. The Morgan fingerprint density at radius 1 is 0.692 bits per heavy atom. The number of hydrogen-bond acceptors (Lipinski definition) is 8. The van der Waals surface area contributed by atoms with Crippen LogP contribution in [-0.4, -0.2) is 86.6 Å². The number of hydrogen-bond donors (Lipinski definition) is 0. The van der Waals surface area contributed by atoms with Crippen LogP contribution in [0.4, 0.5) is 11.4 Å². The van der Waals surface area contributed by atoms with Gasteiger partial charge in [-0.3, -0.25) is 19.6 Å². The second kappa shape index (κ2) is 10.6. The molecule has 39 heavy (non-hydrogen) atoms. The second-order valence-corrected chi connectivity index (χ2v) is 10.1. The molecule has 2 atom stereocenters. The van der Waals surface area contributed by atoms with E-state index in [1.54, 1.807) is 38.5 Å². The molecule has 0 radical (unpaired) electrons. The van der Waals surface area contributed by atoms with E-state index in [2.05, 4.69) is 9.98 Å². The van der Waals surface area contributed by atoms with Crippen molar-refractivity contribution in [3.8, 4) is 23.0 Å². The lowest BCUT2D eigenvalue weighted by molar-refractivity contribution is 0.0583. The number of ether oxygens (including phenoxy) is 4. The van der Waals surface area contributed by atoms with Gasteiger partial charge in [-0.25, -0.2) is 0 Å². The van der Waals surface area contributed by atoms with E-state index < -0.39 is 0 Å². The zero-order valence-electron chi connectivity index (χ0n) is 22.2. The van der Waals surface area contributed by atoms with E-state index in [-0.39, 0.29) is 23.9 Å². The summed E-state index contributed by atoms with van der Waals surface area (Å²) in [6.07, 6.45) is 8.10. The highest BCUT2D eigenvalue weighted by Crippen LogP contribution is 2.40. The van der Waals surface area contributed by atoms with Crippen molar-refractivity contribution in [1.82, 2.24) is 9.80 Å².